The molecule has 0 bridgehead atoms. The van der Waals surface area contributed by atoms with E-state index >= 15 is 0 Å². The molecule has 1 aromatic heterocycles. The molecule has 2 aromatic rings. The zero-order valence-electron chi connectivity index (χ0n) is 23.5. The van der Waals surface area contributed by atoms with Crippen LogP contribution in [0, 0.1) is 17.5 Å². The molecule has 6 atom stereocenters. The highest BCUT2D eigenvalue weighted by atomic mass is 32.2. The van der Waals surface area contributed by atoms with Gasteiger partial charge < -0.3 is 30.5 Å². The van der Waals surface area contributed by atoms with E-state index in [2.05, 4.69) is 15.6 Å². The lowest BCUT2D eigenvalue weighted by Crippen LogP contribution is -2.67. The molecule has 4 rings (SSSR count). The van der Waals surface area contributed by atoms with Crippen LogP contribution in [-0.4, -0.2) is 114 Å². The van der Waals surface area contributed by atoms with Gasteiger partial charge in [0.15, 0.2) is 17.5 Å². The molecule has 2 fully saturated rings. The minimum atomic E-state index is -3.54. The summed E-state index contributed by atoms with van der Waals surface area (Å²) in [6, 6.07) is 0.0724. The van der Waals surface area contributed by atoms with Crippen LogP contribution in [0.5, 0.6) is 0 Å². The lowest BCUT2D eigenvalue weighted by molar-refractivity contribution is -0.179. The van der Waals surface area contributed by atoms with E-state index in [4.69, 9.17) is 4.74 Å². The van der Waals surface area contributed by atoms with E-state index in [1.54, 1.807) is 6.92 Å². The Hall–Kier alpha value is -2.32. The van der Waals surface area contributed by atoms with Crippen molar-refractivity contribution in [3.05, 3.63) is 35.8 Å². The first-order chi connectivity index (χ1) is 20.1. The number of aliphatic hydroxyl groups is 4. The number of hydrogen-bond acceptors (Lipinski definition) is 11. The number of halogens is 3. The summed E-state index contributed by atoms with van der Waals surface area (Å²) in [6.45, 7) is 2.15. The maximum atomic E-state index is 13.8. The maximum absolute atomic E-state index is 13.8. The van der Waals surface area contributed by atoms with Crippen molar-refractivity contribution in [3.8, 4) is 11.3 Å². The number of aromatic nitrogens is 3. The van der Waals surface area contributed by atoms with Crippen LogP contribution in [0.1, 0.15) is 39.2 Å². The number of piperidine rings is 1. The average molecular weight is 654 g/mol. The molecule has 2 saturated heterocycles. The SMILES string of the molecule is CC[C@](NC(C)=O)(S[C@@H]1O[C@H](CO)[C@H](O)[C@H](n2cc(-c3cc(F)c(F)c(F)c3)nn2)[C@H]1O)C1(O)CCN(S(C)(=O)=O)CC1. The molecule has 240 valence electrons. The van der Waals surface area contributed by atoms with E-state index in [1.807, 2.05) is 0 Å². The Morgan fingerprint density at radius 1 is 1.21 bits per heavy atom. The first-order valence-corrected chi connectivity index (χ1v) is 16.1. The number of rotatable bonds is 9. The van der Waals surface area contributed by atoms with E-state index in [0.717, 1.165) is 22.7 Å². The second kappa shape index (κ2) is 12.6. The Morgan fingerprint density at radius 2 is 1.81 bits per heavy atom. The number of nitrogens with one attached hydrogen (secondary N) is 1. The monoisotopic (exact) mass is 653 g/mol. The summed E-state index contributed by atoms with van der Waals surface area (Å²) in [4.78, 5) is 10.9. The number of nitrogens with zero attached hydrogens (tertiary/aromatic N) is 4. The summed E-state index contributed by atoms with van der Waals surface area (Å²) in [7, 11) is -3.54. The Kier molecular flexibility index (Phi) is 9.83. The van der Waals surface area contributed by atoms with Gasteiger partial charge in [-0.3, -0.25) is 4.79 Å². The number of amides is 1. The lowest BCUT2D eigenvalue weighted by Gasteiger charge is -2.52. The van der Waals surface area contributed by atoms with Gasteiger partial charge in [0, 0.05) is 25.6 Å². The van der Waals surface area contributed by atoms with E-state index in [9.17, 15) is 46.8 Å². The Balaban J connectivity index is 1.67. The van der Waals surface area contributed by atoms with Gasteiger partial charge in [-0.25, -0.2) is 30.6 Å². The Labute approximate surface area is 250 Å². The Morgan fingerprint density at radius 3 is 2.33 bits per heavy atom. The summed E-state index contributed by atoms with van der Waals surface area (Å²) < 4.78 is 73.3. The van der Waals surface area contributed by atoms with Crippen LogP contribution < -0.4 is 5.32 Å². The molecule has 1 amide bonds. The summed E-state index contributed by atoms with van der Waals surface area (Å²) in [5.74, 6) is -5.10. The number of benzene rings is 1. The highest BCUT2D eigenvalue weighted by Crippen LogP contribution is 2.48. The van der Waals surface area contributed by atoms with Crippen LogP contribution in [0.25, 0.3) is 11.3 Å². The molecular weight excluding hydrogens is 619 g/mol. The van der Waals surface area contributed by atoms with Crippen LogP contribution in [-0.2, 0) is 19.6 Å². The number of carbonyl (C=O) groups is 1. The second-order valence-electron chi connectivity index (χ2n) is 10.7. The molecule has 13 nitrogen and oxygen atoms in total. The molecule has 2 aliphatic rings. The minimum absolute atomic E-state index is 0.0295. The van der Waals surface area contributed by atoms with Gasteiger partial charge in [-0.05, 0) is 31.4 Å². The fraction of sp³-hybridized carbons (Fsp3) is 0.640. The van der Waals surface area contributed by atoms with E-state index in [1.165, 1.54) is 17.4 Å². The summed E-state index contributed by atoms with van der Waals surface area (Å²) in [5.41, 5.74) is -3.24. The molecule has 2 aliphatic heterocycles. The number of thioether (sulfide) groups is 1. The van der Waals surface area contributed by atoms with Gasteiger partial charge in [-0.1, -0.05) is 23.9 Å². The van der Waals surface area contributed by atoms with E-state index < -0.39 is 80.3 Å². The van der Waals surface area contributed by atoms with Crippen LogP contribution in [0.3, 0.4) is 0 Å². The fourth-order valence-corrected chi connectivity index (χ4v) is 8.10. The van der Waals surface area contributed by atoms with Crippen molar-refractivity contribution in [1.29, 1.82) is 0 Å². The molecule has 0 saturated carbocycles. The van der Waals surface area contributed by atoms with Gasteiger partial charge in [0.25, 0.3) is 0 Å². The zero-order valence-corrected chi connectivity index (χ0v) is 25.2. The molecule has 3 heterocycles. The van der Waals surface area contributed by atoms with Crippen molar-refractivity contribution < 1.29 is 51.5 Å². The first-order valence-electron chi connectivity index (χ1n) is 13.4. The third kappa shape index (κ3) is 6.56. The van der Waals surface area contributed by atoms with Gasteiger partial charge >= 0.3 is 0 Å². The predicted molar refractivity (Wildman–Crippen MR) is 147 cm³/mol. The third-order valence-electron chi connectivity index (χ3n) is 7.91. The van der Waals surface area contributed by atoms with Crippen LogP contribution >= 0.6 is 11.8 Å². The maximum Gasteiger partial charge on any atom is 0.218 e. The second-order valence-corrected chi connectivity index (χ2v) is 14.1. The van der Waals surface area contributed by atoms with Crippen LogP contribution in [0.2, 0.25) is 0 Å². The highest BCUT2D eigenvalue weighted by Gasteiger charge is 2.57. The molecule has 1 aromatic carbocycles. The first kappa shape index (κ1) is 33.6. The predicted octanol–water partition coefficient (Wildman–Crippen LogP) is 0.105. The average Bonchev–Trinajstić information content (AvgIpc) is 3.41. The van der Waals surface area contributed by atoms with Gasteiger partial charge in [0.1, 0.15) is 40.4 Å². The van der Waals surface area contributed by atoms with E-state index in [0.29, 0.717) is 12.1 Å². The van der Waals surface area contributed by atoms with E-state index in [-0.39, 0.29) is 43.6 Å². The molecule has 0 spiro atoms. The lowest BCUT2D eigenvalue weighted by atomic mass is 9.82. The molecule has 18 heteroatoms. The highest BCUT2D eigenvalue weighted by molar-refractivity contribution is 8.01. The topological polar surface area (TPSA) is 187 Å². The number of ether oxygens (including phenoxy) is 1. The summed E-state index contributed by atoms with van der Waals surface area (Å²) in [5, 5.41) is 54.8. The smallest absolute Gasteiger partial charge is 0.218 e. The van der Waals surface area contributed by atoms with Crippen molar-refractivity contribution in [2.75, 3.05) is 26.0 Å². The quantitative estimate of drug-likeness (QED) is 0.183. The number of hydrogen-bond donors (Lipinski definition) is 5. The zero-order chi connectivity index (χ0) is 31.9. The number of carbonyl (C=O) groups excluding carboxylic acids is 1. The minimum Gasteiger partial charge on any atom is -0.394 e. The van der Waals surface area contributed by atoms with Crippen molar-refractivity contribution in [2.24, 2.45) is 0 Å². The summed E-state index contributed by atoms with van der Waals surface area (Å²) >= 11 is 0.845. The summed E-state index contributed by atoms with van der Waals surface area (Å²) in [6.07, 6.45) is -2.26. The van der Waals surface area contributed by atoms with Gasteiger partial charge in [-0.15, -0.1) is 5.10 Å². The van der Waals surface area contributed by atoms with Gasteiger partial charge in [0.05, 0.1) is 24.7 Å². The molecular formula is C25H34F3N5O8S2. The van der Waals surface area contributed by atoms with Crippen LogP contribution in [0.15, 0.2) is 18.3 Å². The van der Waals surface area contributed by atoms with Crippen molar-refractivity contribution in [2.45, 2.75) is 73.4 Å². The van der Waals surface area contributed by atoms with Crippen molar-refractivity contribution >= 4 is 27.7 Å². The van der Waals surface area contributed by atoms with Crippen molar-refractivity contribution in [1.82, 2.24) is 24.6 Å². The Bertz CT molecular complexity index is 1420. The molecule has 0 unspecified atom stereocenters. The largest absolute Gasteiger partial charge is 0.394 e. The third-order valence-corrected chi connectivity index (χ3v) is 11.0. The van der Waals surface area contributed by atoms with Crippen molar-refractivity contribution in [3.63, 3.8) is 0 Å². The molecule has 43 heavy (non-hydrogen) atoms. The standard InChI is InChI=1S/C25H34F3N5O8S2/c1-4-25(29-13(2)35,24(38)5-7-32(8-6-24)43(3,39)40)42-23-22(37)20(21(36)18(12-34)41-23)33-11-17(30-31-33)14-9-15(26)19(28)16(27)10-14/h9-11,18,20-23,34,36-38H,4-8,12H2,1-3H3,(H,29,35)/t18-,20+,21+,22-,23+,25+/m1/s1. The molecule has 0 aliphatic carbocycles. The van der Waals surface area contributed by atoms with Crippen LogP contribution in [0.4, 0.5) is 13.2 Å². The normalized spacial score (nSPS) is 27.9. The van der Waals surface area contributed by atoms with Gasteiger partial charge in [-0.2, -0.15) is 0 Å². The van der Waals surface area contributed by atoms with Gasteiger partial charge in [0.2, 0.25) is 15.9 Å². The molecule has 0 radical (unpaired) electrons. The number of aliphatic hydroxyl groups excluding tert-OH is 3. The fourth-order valence-electron chi connectivity index (χ4n) is 5.57. The number of sulfonamides is 1. The molecule has 5 N–H and O–H groups in total.